The molecular formula is C17H30N4O2. The molecule has 0 aromatic carbocycles. The van der Waals surface area contributed by atoms with E-state index in [4.69, 9.17) is 0 Å². The molecule has 6 heteroatoms. The molecule has 6 nitrogen and oxygen atoms in total. The van der Waals surface area contributed by atoms with E-state index in [1.54, 1.807) is 10.9 Å². The topological polar surface area (TPSA) is 70.4 Å². The lowest BCUT2D eigenvalue weighted by atomic mass is 9.92. The van der Waals surface area contributed by atoms with Gasteiger partial charge in [0.05, 0.1) is 17.5 Å². The first-order valence-electron chi connectivity index (χ1n) is 8.77. The number of likely N-dealkylation sites (tertiary alicyclic amines) is 1. The van der Waals surface area contributed by atoms with Crippen LogP contribution in [0.15, 0.2) is 12.4 Å². The number of aliphatic hydroxyl groups is 1. The fraction of sp³-hybridized carbons (Fsp3) is 0.765. The van der Waals surface area contributed by atoms with Crippen molar-refractivity contribution in [2.45, 2.75) is 58.6 Å². The zero-order valence-corrected chi connectivity index (χ0v) is 14.6. The summed E-state index contributed by atoms with van der Waals surface area (Å²) in [6, 6.07) is 0. The van der Waals surface area contributed by atoms with Gasteiger partial charge >= 0.3 is 0 Å². The van der Waals surface area contributed by atoms with E-state index < -0.39 is 5.60 Å². The summed E-state index contributed by atoms with van der Waals surface area (Å²) in [6.07, 6.45) is 6.78. The first-order chi connectivity index (χ1) is 11.0. The molecule has 2 heterocycles. The molecule has 2 rings (SSSR count). The molecule has 0 radical (unpaired) electrons. The number of β-amino-alcohol motifs (C(OH)–C–C–N with tert-alkyl or cyclic N) is 1. The Bertz CT molecular complexity index is 502. The summed E-state index contributed by atoms with van der Waals surface area (Å²) >= 11 is 0. The average Bonchev–Trinajstić information content (AvgIpc) is 3.03. The number of piperidine rings is 1. The number of anilines is 1. The molecule has 1 saturated heterocycles. The monoisotopic (exact) mass is 322 g/mol. The Hall–Kier alpha value is -1.40. The van der Waals surface area contributed by atoms with Crippen molar-refractivity contribution >= 4 is 11.6 Å². The second-order valence-corrected chi connectivity index (χ2v) is 6.56. The molecule has 0 saturated carbocycles. The van der Waals surface area contributed by atoms with Crippen molar-refractivity contribution in [2.24, 2.45) is 5.92 Å². The van der Waals surface area contributed by atoms with Crippen LogP contribution in [0.2, 0.25) is 0 Å². The minimum absolute atomic E-state index is 0.0487. The summed E-state index contributed by atoms with van der Waals surface area (Å²) in [6.45, 7) is 9.31. The van der Waals surface area contributed by atoms with Crippen molar-refractivity contribution in [3.8, 4) is 0 Å². The molecule has 0 aliphatic carbocycles. The smallest absolute Gasteiger partial charge is 0.227 e. The highest BCUT2D eigenvalue weighted by Crippen LogP contribution is 2.23. The molecule has 1 aliphatic heterocycles. The van der Waals surface area contributed by atoms with E-state index >= 15 is 0 Å². The third-order valence-corrected chi connectivity index (χ3v) is 5.02. The van der Waals surface area contributed by atoms with Gasteiger partial charge in [0.15, 0.2) is 0 Å². The lowest BCUT2D eigenvalue weighted by Crippen LogP contribution is -2.46. The molecule has 1 aliphatic rings. The van der Waals surface area contributed by atoms with Crippen molar-refractivity contribution in [1.29, 1.82) is 0 Å². The Morgan fingerprint density at radius 3 is 2.52 bits per heavy atom. The first-order valence-corrected chi connectivity index (χ1v) is 8.77. The largest absolute Gasteiger partial charge is 0.389 e. The highest BCUT2D eigenvalue weighted by Gasteiger charge is 2.30. The van der Waals surface area contributed by atoms with Gasteiger partial charge in [0.2, 0.25) is 5.91 Å². The second kappa shape index (κ2) is 7.93. The Morgan fingerprint density at radius 2 is 2.00 bits per heavy atom. The maximum absolute atomic E-state index is 12.4. The van der Waals surface area contributed by atoms with Crippen LogP contribution in [0, 0.1) is 5.92 Å². The van der Waals surface area contributed by atoms with Crippen molar-refractivity contribution in [1.82, 2.24) is 14.7 Å². The zero-order valence-electron chi connectivity index (χ0n) is 14.6. The number of aryl methyl sites for hydroxylation is 1. The standard InChI is InChI=1S/C17H30N4O2/c1-4-17(23,5-2)13-20-9-7-14(8-10-20)16(22)19-15-11-18-21(6-3)12-15/h11-12,14,23H,4-10,13H2,1-3H3,(H,19,22). The van der Waals surface area contributed by atoms with Crippen LogP contribution in [0.4, 0.5) is 5.69 Å². The van der Waals surface area contributed by atoms with E-state index in [2.05, 4.69) is 15.3 Å². The summed E-state index contributed by atoms with van der Waals surface area (Å²) in [5.74, 6) is 0.133. The fourth-order valence-electron chi connectivity index (χ4n) is 3.09. The first kappa shape index (κ1) is 17.9. The van der Waals surface area contributed by atoms with Gasteiger partial charge in [0, 0.05) is 25.2 Å². The molecule has 0 spiro atoms. The Balaban J connectivity index is 1.80. The number of rotatable bonds is 7. The third kappa shape index (κ3) is 4.78. The number of hydrogen-bond donors (Lipinski definition) is 2. The second-order valence-electron chi connectivity index (χ2n) is 6.56. The maximum Gasteiger partial charge on any atom is 0.227 e. The predicted molar refractivity (Wildman–Crippen MR) is 91.2 cm³/mol. The zero-order chi connectivity index (χ0) is 16.9. The lowest BCUT2D eigenvalue weighted by molar-refractivity contribution is -0.121. The van der Waals surface area contributed by atoms with Crippen LogP contribution in [-0.4, -0.2) is 50.9 Å². The molecule has 1 aromatic heterocycles. The molecule has 2 N–H and O–H groups in total. The van der Waals surface area contributed by atoms with Gasteiger partial charge in [-0.1, -0.05) is 13.8 Å². The molecule has 130 valence electrons. The maximum atomic E-state index is 12.4. The van der Waals surface area contributed by atoms with Crippen molar-refractivity contribution < 1.29 is 9.90 Å². The lowest BCUT2D eigenvalue weighted by Gasteiger charge is -2.37. The van der Waals surface area contributed by atoms with Crippen molar-refractivity contribution in [2.75, 3.05) is 25.0 Å². The van der Waals surface area contributed by atoms with Gasteiger partial charge in [0.25, 0.3) is 0 Å². The van der Waals surface area contributed by atoms with Gasteiger partial charge in [-0.05, 0) is 45.7 Å². The molecule has 23 heavy (non-hydrogen) atoms. The summed E-state index contributed by atoms with van der Waals surface area (Å²) in [5, 5.41) is 17.6. The van der Waals surface area contributed by atoms with E-state index in [1.165, 1.54) is 0 Å². The van der Waals surface area contributed by atoms with Crippen LogP contribution in [0.25, 0.3) is 0 Å². The minimum Gasteiger partial charge on any atom is -0.389 e. The van der Waals surface area contributed by atoms with Gasteiger partial charge in [-0.2, -0.15) is 5.10 Å². The molecule has 0 atom stereocenters. The molecule has 0 unspecified atom stereocenters. The van der Waals surface area contributed by atoms with E-state index in [9.17, 15) is 9.90 Å². The van der Waals surface area contributed by atoms with Gasteiger partial charge < -0.3 is 15.3 Å². The van der Waals surface area contributed by atoms with Crippen LogP contribution in [0.3, 0.4) is 0 Å². The van der Waals surface area contributed by atoms with Gasteiger partial charge in [-0.3, -0.25) is 9.48 Å². The number of nitrogens with zero attached hydrogens (tertiary/aromatic N) is 3. The summed E-state index contributed by atoms with van der Waals surface area (Å²) in [5.41, 5.74) is 0.176. The number of carbonyl (C=O) groups excluding carboxylic acids is 1. The number of aromatic nitrogens is 2. The van der Waals surface area contributed by atoms with Crippen LogP contribution in [-0.2, 0) is 11.3 Å². The average molecular weight is 322 g/mol. The molecule has 1 fully saturated rings. The fourth-order valence-corrected chi connectivity index (χ4v) is 3.09. The van der Waals surface area contributed by atoms with Crippen LogP contribution >= 0.6 is 0 Å². The third-order valence-electron chi connectivity index (χ3n) is 5.02. The number of carbonyl (C=O) groups is 1. The predicted octanol–water partition coefficient (Wildman–Crippen LogP) is 2.10. The molecular weight excluding hydrogens is 292 g/mol. The summed E-state index contributed by atoms with van der Waals surface area (Å²) in [7, 11) is 0. The van der Waals surface area contributed by atoms with E-state index in [0.717, 1.165) is 51.0 Å². The van der Waals surface area contributed by atoms with Crippen molar-refractivity contribution in [3.63, 3.8) is 0 Å². The molecule has 1 amide bonds. The van der Waals surface area contributed by atoms with E-state index in [0.29, 0.717) is 6.54 Å². The Morgan fingerprint density at radius 1 is 1.35 bits per heavy atom. The van der Waals surface area contributed by atoms with Crippen LogP contribution in [0.5, 0.6) is 0 Å². The molecule has 1 aromatic rings. The van der Waals surface area contributed by atoms with Gasteiger partial charge in [-0.25, -0.2) is 0 Å². The summed E-state index contributed by atoms with van der Waals surface area (Å²) in [4.78, 5) is 14.6. The number of nitrogens with one attached hydrogen (secondary N) is 1. The Labute approximate surface area is 138 Å². The SMILES string of the molecule is CCn1cc(NC(=O)C2CCN(CC(O)(CC)CC)CC2)cn1. The quantitative estimate of drug-likeness (QED) is 0.806. The van der Waals surface area contributed by atoms with Crippen molar-refractivity contribution in [3.05, 3.63) is 12.4 Å². The van der Waals surface area contributed by atoms with E-state index in [1.807, 2.05) is 27.0 Å². The normalized spacial score (nSPS) is 17.4. The minimum atomic E-state index is -0.593. The number of hydrogen-bond acceptors (Lipinski definition) is 4. The Kier molecular flexibility index (Phi) is 6.18. The van der Waals surface area contributed by atoms with Gasteiger partial charge in [-0.15, -0.1) is 0 Å². The van der Waals surface area contributed by atoms with Gasteiger partial charge in [0.1, 0.15) is 0 Å². The number of amides is 1. The highest BCUT2D eigenvalue weighted by molar-refractivity contribution is 5.92. The van der Waals surface area contributed by atoms with Crippen LogP contribution in [0.1, 0.15) is 46.5 Å². The molecule has 0 bridgehead atoms. The van der Waals surface area contributed by atoms with E-state index in [-0.39, 0.29) is 11.8 Å². The van der Waals surface area contributed by atoms with Crippen LogP contribution < -0.4 is 5.32 Å². The highest BCUT2D eigenvalue weighted by atomic mass is 16.3. The summed E-state index contributed by atoms with van der Waals surface area (Å²) < 4.78 is 1.80.